The molecule has 0 spiro atoms. The van der Waals surface area contributed by atoms with Crippen LogP contribution in [0.4, 0.5) is 0 Å². The number of methoxy groups -OCH3 is 1. The predicted molar refractivity (Wildman–Crippen MR) is 71.6 cm³/mol. The van der Waals surface area contributed by atoms with E-state index in [0.717, 1.165) is 39.1 Å². The molecule has 1 unspecified atom stereocenters. The summed E-state index contributed by atoms with van der Waals surface area (Å²) in [4.78, 5) is 0. The maximum Gasteiger partial charge on any atom is 0.147 e. The quantitative estimate of drug-likeness (QED) is 0.621. The average molecular weight is 279 g/mol. The molecule has 18 heavy (non-hydrogen) atoms. The van der Waals surface area contributed by atoms with Crippen molar-refractivity contribution in [1.29, 1.82) is 0 Å². The fraction of sp³-hybridized carbons (Fsp3) is 1.00. The summed E-state index contributed by atoms with van der Waals surface area (Å²) < 4.78 is 32.8. The van der Waals surface area contributed by atoms with Gasteiger partial charge in [-0.2, -0.15) is 0 Å². The van der Waals surface area contributed by atoms with Gasteiger partial charge in [-0.25, -0.2) is 8.42 Å². The lowest BCUT2D eigenvalue weighted by Crippen LogP contribution is -2.36. The predicted octanol–water partition coefficient (Wildman–Crippen LogP) is 0.454. The van der Waals surface area contributed by atoms with Gasteiger partial charge in [-0.15, -0.1) is 0 Å². The van der Waals surface area contributed by atoms with Gasteiger partial charge in [-0.3, -0.25) is 0 Å². The monoisotopic (exact) mass is 279 g/mol. The second-order valence-electron chi connectivity index (χ2n) is 5.21. The Labute approximate surface area is 110 Å². The van der Waals surface area contributed by atoms with E-state index < -0.39 is 9.84 Å². The van der Waals surface area contributed by atoms with Crippen molar-refractivity contribution in [3.05, 3.63) is 0 Å². The summed E-state index contributed by atoms with van der Waals surface area (Å²) in [6, 6.07) is 0. The van der Waals surface area contributed by atoms with E-state index in [2.05, 4.69) is 5.32 Å². The Hall–Kier alpha value is -0.170. The molecule has 0 aliphatic carbocycles. The third kappa shape index (κ3) is 6.13. The van der Waals surface area contributed by atoms with Crippen LogP contribution in [0.25, 0.3) is 0 Å². The first-order valence-corrected chi connectivity index (χ1v) is 8.49. The summed E-state index contributed by atoms with van der Waals surface area (Å²) >= 11 is 0. The third-order valence-electron chi connectivity index (χ3n) is 3.39. The van der Waals surface area contributed by atoms with Gasteiger partial charge in [0.1, 0.15) is 9.84 Å². The second-order valence-corrected chi connectivity index (χ2v) is 7.47. The molecule has 0 radical (unpaired) electrons. The summed E-state index contributed by atoms with van der Waals surface area (Å²) in [5.41, 5.74) is 0.110. The zero-order chi connectivity index (χ0) is 13.5. The first kappa shape index (κ1) is 15.9. The van der Waals surface area contributed by atoms with Crippen LogP contribution in [0.15, 0.2) is 0 Å². The third-order valence-corrected chi connectivity index (χ3v) is 4.42. The van der Waals surface area contributed by atoms with Gasteiger partial charge in [-0.1, -0.05) is 0 Å². The van der Waals surface area contributed by atoms with E-state index in [0.29, 0.717) is 13.0 Å². The molecule has 1 N–H and O–H groups in total. The highest BCUT2D eigenvalue weighted by atomic mass is 32.2. The van der Waals surface area contributed by atoms with Crippen molar-refractivity contribution in [2.75, 3.05) is 52.0 Å². The summed E-state index contributed by atoms with van der Waals surface area (Å²) in [5.74, 6) is 0.271. The summed E-state index contributed by atoms with van der Waals surface area (Å²) in [5, 5.41) is 3.36. The van der Waals surface area contributed by atoms with Gasteiger partial charge >= 0.3 is 0 Å². The van der Waals surface area contributed by atoms with Gasteiger partial charge in [0.25, 0.3) is 0 Å². The van der Waals surface area contributed by atoms with Crippen molar-refractivity contribution >= 4 is 9.84 Å². The van der Waals surface area contributed by atoms with Crippen LogP contribution in [0.1, 0.15) is 19.3 Å². The van der Waals surface area contributed by atoms with Gasteiger partial charge < -0.3 is 14.8 Å². The van der Waals surface area contributed by atoms with Crippen LogP contribution in [0.5, 0.6) is 0 Å². The van der Waals surface area contributed by atoms with E-state index in [4.69, 9.17) is 9.47 Å². The Morgan fingerprint density at radius 2 is 2.22 bits per heavy atom. The fourth-order valence-corrected chi connectivity index (χ4v) is 2.98. The number of hydrogen-bond acceptors (Lipinski definition) is 5. The van der Waals surface area contributed by atoms with Crippen LogP contribution in [-0.2, 0) is 19.3 Å². The number of hydrogen-bond donors (Lipinski definition) is 1. The number of ether oxygens (including phenoxy) is 2. The van der Waals surface area contributed by atoms with E-state index in [9.17, 15) is 8.42 Å². The minimum Gasteiger partial charge on any atom is -0.383 e. The first-order chi connectivity index (χ1) is 8.47. The van der Waals surface area contributed by atoms with Crippen molar-refractivity contribution < 1.29 is 17.9 Å². The molecule has 1 aliphatic heterocycles. The van der Waals surface area contributed by atoms with E-state index in [1.54, 1.807) is 7.11 Å². The first-order valence-electron chi connectivity index (χ1n) is 6.43. The molecule has 1 aliphatic rings. The van der Waals surface area contributed by atoms with Crippen LogP contribution in [0.3, 0.4) is 0 Å². The maximum atomic E-state index is 11.1. The van der Waals surface area contributed by atoms with E-state index in [1.807, 2.05) is 0 Å². The Balaban J connectivity index is 2.33. The topological polar surface area (TPSA) is 64.6 Å². The smallest absolute Gasteiger partial charge is 0.147 e. The van der Waals surface area contributed by atoms with Crippen molar-refractivity contribution in [3.8, 4) is 0 Å². The van der Waals surface area contributed by atoms with Gasteiger partial charge in [0.05, 0.1) is 13.2 Å². The highest BCUT2D eigenvalue weighted by Crippen LogP contribution is 2.33. The summed E-state index contributed by atoms with van der Waals surface area (Å²) in [6.45, 7) is 3.91. The van der Waals surface area contributed by atoms with E-state index in [-0.39, 0.29) is 11.2 Å². The zero-order valence-electron chi connectivity index (χ0n) is 11.4. The Kier molecular flexibility index (Phi) is 6.55. The van der Waals surface area contributed by atoms with E-state index in [1.165, 1.54) is 6.26 Å². The Morgan fingerprint density at radius 3 is 2.78 bits per heavy atom. The van der Waals surface area contributed by atoms with Gasteiger partial charge in [0, 0.05) is 44.2 Å². The molecule has 0 amide bonds. The SMILES string of the molecule is COCCNCC1(CCCS(C)(=O)=O)CCOC1. The van der Waals surface area contributed by atoms with Crippen molar-refractivity contribution in [2.45, 2.75) is 19.3 Å². The molecule has 0 aromatic heterocycles. The van der Waals surface area contributed by atoms with Crippen molar-refractivity contribution in [2.24, 2.45) is 5.41 Å². The summed E-state index contributed by atoms with van der Waals surface area (Å²) in [7, 11) is -1.17. The lowest BCUT2D eigenvalue weighted by atomic mass is 9.82. The Bertz CT molecular complexity index is 323. The molecule has 108 valence electrons. The molecule has 0 bridgehead atoms. The molecular weight excluding hydrogens is 254 g/mol. The lowest BCUT2D eigenvalue weighted by molar-refractivity contribution is 0.139. The zero-order valence-corrected chi connectivity index (χ0v) is 12.2. The second kappa shape index (κ2) is 7.43. The highest BCUT2D eigenvalue weighted by Gasteiger charge is 2.34. The number of sulfone groups is 1. The minimum atomic E-state index is -2.85. The van der Waals surface area contributed by atoms with Crippen LogP contribution in [0.2, 0.25) is 0 Å². The highest BCUT2D eigenvalue weighted by molar-refractivity contribution is 7.90. The molecule has 5 nitrogen and oxygen atoms in total. The molecule has 0 saturated carbocycles. The molecule has 6 heteroatoms. The fourth-order valence-electron chi connectivity index (χ4n) is 2.31. The van der Waals surface area contributed by atoms with Crippen molar-refractivity contribution in [1.82, 2.24) is 5.32 Å². The molecule has 1 heterocycles. The van der Waals surface area contributed by atoms with Crippen LogP contribution in [0, 0.1) is 5.41 Å². The van der Waals surface area contributed by atoms with E-state index >= 15 is 0 Å². The number of nitrogens with one attached hydrogen (secondary N) is 1. The van der Waals surface area contributed by atoms with Crippen LogP contribution < -0.4 is 5.32 Å². The van der Waals surface area contributed by atoms with Gasteiger partial charge in [0.2, 0.25) is 0 Å². The molecular formula is C12H25NO4S. The molecule has 0 aromatic rings. The normalized spacial score (nSPS) is 24.6. The standard InChI is InChI=1S/C12H25NO4S/c1-16-8-6-13-10-12(5-7-17-11-12)4-3-9-18(2,14)15/h13H,3-11H2,1-2H3. The molecule has 1 saturated heterocycles. The molecule has 1 atom stereocenters. The largest absolute Gasteiger partial charge is 0.383 e. The van der Waals surface area contributed by atoms with Crippen molar-refractivity contribution in [3.63, 3.8) is 0 Å². The minimum absolute atomic E-state index is 0.110. The van der Waals surface area contributed by atoms with Crippen LogP contribution >= 0.6 is 0 Å². The lowest BCUT2D eigenvalue weighted by Gasteiger charge is -2.27. The Morgan fingerprint density at radius 1 is 1.44 bits per heavy atom. The molecule has 1 fully saturated rings. The van der Waals surface area contributed by atoms with Crippen LogP contribution in [-0.4, -0.2) is 60.4 Å². The summed E-state index contributed by atoms with van der Waals surface area (Å²) in [6.07, 6.45) is 3.92. The number of rotatable bonds is 9. The van der Waals surface area contributed by atoms with Gasteiger partial charge in [-0.05, 0) is 19.3 Å². The molecule has 1 rings (SSSR count). The average Bonchev–Trinajstić information content (AvgIpc) is 2.72. The van der Waals surface area contributed by atoms with Gasteiger partial charge in [0.15, 0.2) is 0 Å². The maximum absolute atomic E-state index is 11.1. The molecule has 0 aromatic carbocycles.